The van der Waals surface area contributed by atoms with Crippen LogP contribution in [0.2, 0.25) is 0 Å². The van der Waals surface area contributed by atoms with Crippen molar-refractivity contribution >= 4 is 5.82 Å². The highest BCUT2D eigenvalue weighted by atomic mass is 16.3. The first-order chi connectivity index (χ1) is 11.9. The number of furan rings is 2. The summed E-state index contributed by atoms with van der Waals surface area (Å²) in [5.41, 5.74) is 3.74. The first-order valence-corrected chi connectivity index (χ1v) is 8.13. The van der Waals surface area contributed by atoms with E-state index in [1.54, 1.807) is 12.5 Å². The lowest BCUT2D eigenvalue weighted by Gasteiger charge is -2.21. The maximum absolute atomic E-state index is 9.68. The molecule has 1 aliphatic carbocycles. The quantitative estimate of drug-likeness (QED) is 0.776. The van der Waals surface area contributed by atoms with Crippen molar-refractivity contribution in [3.05, 3.63) is 59.2 Å². The Hall–Kier alpha value is -3.00. The minimum Gasteiger partial charge on any atom is -0.467 e. The summed E-state index contributed by atoms with van der Waals surface area (Å²) in [5.74, 6) is 2.15. The van der Waals surface area contributed by atoms with E-state index in [0.29, 0.717) is 17.9 Å². The molecule has 0 atom stereocenters. The summed E-state index contributed by atoms with van der Waals surface area (Å²) >= 11 is 0. The standard InChI is InChI=1S/C19H17N3O2/c20-11-16-14-6-1-2-7-15(14)18(17-8-4-10-24-17)22-19(16)21-12-13-5-3-9-23-13/h3-5,8-10H,1-2,6-7,12H2,(H,21,22). The Labute approximate surface area is 139 Å². The zero-order valence-corrected chi connectivity index (χ0v) is 13.2. The molecule has 0 spiro atoms. The fourth-order valence-corrected chi connectivity index (χ4v) is 3.27. The van der Waals surface area contributed by atoms with Crippen LogP contribution in [0, 0.1) is 11.3 Å². The van der Waals surface area contributed by atoms with E-state index in [1.165, 1.54) is 0 Å². The third-order valence-corrected chi connectivity index (χ3v) is 4.39. The van der Waals surface area contributed by atoms with E-state index >= 15 is 0 Å². The Morgan fingerprint density at radius 1 is 1.08 bits per heavy atom. The molecule has 0 aliphatic heterocycles. The van der Waals surface area contributed by atoms with Crippen molar-refractivity contribution in [1.82, 2.24) is 4.98 Å². The predicted molar refractivity (Wildman–Crippen MR) is 89.3 cm³/mol. The van der Waals surface area contributed by atoms with E-state index in [4.69, 9.17) is 13.8 Å². The number of fused-ring (bicyclic) bond motifs is 1. The molecule has 0 bridgehead atoms. The first-order valence-electron chi connectivity index (χ1n) is 8.13. The van der Waals surface area contributed by atoms with Crippen LogP contribution in [0.3, 0.4) is 0 Å². The molecular formula is C19H17N3O2. The van der Waals surface area contributed by atoms with Crippen molar-refractivity contribution in [3.63, 3.8) is 0 Å². The Kier molecular flexibility index (Phi) is 3.80. The van der Waals surface area contributed by atoms with Gasteiger partial charge < -0.3 is 14.2 Å². The molecule has 0 saturated carbocycles. The number of nitriles is 1. The van der Waals surface area contributed by atoms with Gasteiger partial charge in [0.05, 0.1) is 24.6 Å². The van der Waals surface area contributed by atoms with Crippen molar-refractivity contribution in [1.29, 1.82) is 5.26 Å². The molecule has 5 heteroatoms. The van der Waals surface area contributed by atoms with E-state index in [2.05, 4.69) is 11.4 Å². The SMILES string of the molecule is N#Cc1c(NCc2ccco2)nc(-c2ccco2)c2c1CCCC2. The number of anilines is 1. The summed E-state index contributed by atoms with van der Waals surface area (Å²) < 4.78 is 10.9. The summed E-state index contributed by atoms with van der Waals surface area (Å²) in [7, 11) is 0. The molecule has 0 amide bonds. The molecule has 1 aliphatic rings. The normalized spacial score (nSPS) is 13.3. The number of nitrogens with zero attached hydrogens (tertiary/aromatic N) is 2. The van der Waals surface area contributed by atoms with E-state index in [0.717, 1.165) is 54.0 Å². The molecule has 1 N–H and O–H groups in total. The Bertz CT molecular complexity index is 874. The molecule has 24 heavy (non-hydrogen) atoms. The molecular weight excluding hydrogens is 302 g/mol. The second kappa shape index (κ2) is 6.25. The van der Waals surface area contributed by atoms with Gasteiger partial charge in [0.1, 0.15) is 23.3 Å². The highest BCUT2D eigenvalue weighted by Gasteiger charge is 2.23. The number of rotatable bonds is 4. The first kappa shape index (κ1) is 14.6. The lowest BCUT2D eigenvalue weighted by Crippen LogP contribution is -2.13. The van der Waals surface area contributed by atoms with Gasteiger partial charge in [-0.1, -0.05) is 0 Å². The number of aromatic nitrogens is 1. The fraction of sp³-hybridized carbons (Fsp3) is 0.263. The average Bonchev–Trinajstić information content (AvgIpc) is 3.32. The molecule has 0 radical (unpaired) electrons. The van der Waals surface area contributed by atoms with Gasteiger partial charge in [0.15, 0.2) is 5.76 Å². The summed E-state index contributed by atoms with van der Waals surface area (Å²) in [5, 5.41) is 12.9. The van der Waals surface area contributed by atoms with Crippen LogP contribution >= 0.6 is 0 Å². The largest absolute Gasteiger partial charge is 0.467 e. The van der Waals surface area contributed by atoms with E-state index in [1.807, 2.05) is 24.3 Å². The Balaban J connectivity index is 1.80. The molecule has 3 aromatic rings. The molecule has 3 aromatic heterocycles. The molecule has 5 nitrogen and oxygen atoms in total. The van der Waals surface area contributed by atoms with Crippen molar-refractivity contribution < 1.29 is 8.83 Å². The fourth-order valence-electron chi connectivity index (χ4n) is 3.27. The van der Waals surface area contributed by atoms with Gasteiger partial charge in [0.25, 0.3) is 0 Å². The number of nitrogens with one attached hydrogen (secondary N) is 1. The lowest BCUT2D eigenvalue weighted by atomic mass is 9.87. The Morgan fingerprint density at radius 3 is 2.58 bits per heavy atom. The van der Waals surface area contributed by atoms with Gasteiger partial charge >= 0.3 is 0 Å². The highest BCUT2D eigenvalue weighted by Crippen LogP contribution is 2.35. The van der Waals surface area contributed by atoms with Crippen LogP contribution < -0.4 is 5.32 Å². The Morgan fingerprint density at radius 2 is 1.88 bits per heavy atom. The smallest absolute Gasteiger partial charge is 0.152 e. The number of pyridine rings is 1. The van der Waals surface area contributed by atoms with Crippen LogP contribution in [0.1, 0.15) is 35.3 Å². The molecule has 3 heterocycles. The molecule has 0 saturated heterocycles. The van der Waals surface area contributed by atoms with Crippen molar-refractivity contribution in [3.8, 4) is 17.5 Å². The van der Waals surface area contributed by atoms with Gasteiger partial charge in [-0.3, -0.25) is 0 Å². The maximum atomic E-state index is 9.68. The predicted octanol–water partition coefficient (Wildman–Crippen LogP) is 4.30. The van der Waals surface area contributed by atoms with Gasteiger partial charge in [-0.25, -0.2) is 4.98 Å². The van der Waals surface area contributed by atoms with Crippen molar-refractivity contribution in [2.75, 3.05) is 5.32 Å². The van der Waals surface area contributed by atoms with Crippen LogP contribution in [0.25, 0.3) is 11.5 Å². The second-order valence-electron chi connectivity index (χ2n) is 5.87. The van der Waals surface area contributed by atoms with Crippen LogP contribution in [0.4, 0.5) is 5.82 Å². The zero-order valence-electron chi connectivity index (χ0n) is 13.2. The van der Waals surface area contributed by atoms with Gasteiger partial charge in [-0.2, -0.15) is 5.26 Å². The van der Waals surface area contributed by atoms with Crippen molar-refractivity contribution in [2.24, 2.45) is 0 Å². The number of hydrogen-bond acceptors (Lipinski definition) is 5. The number of hydrogen-bond donors (Lipinski definition) is 1. The lowest BCUT2D eigenvalue weighted by molar-refractivity contribution is 0.517. The molecule has 120 valence electrons. The third-order valence-electron chi connectivity index (χ3n) is 4.39. The van der Waals surface area contributed by atoms with Gasteiger partial charge in [-0.15, -0.1) is 0 Å². The third kappa shape index (κ3) is 2.56. The second-order valence-corrected chi connectivity index (χ2v) is 5.87. The summed E-state index contributed by atoms with van der Waals surface area (Å²) in [6.07, 6.45) is 7.35. The van der Waals surface area contributed by atoms with Crippen LogP contribution in [-0.4, -0.2) is 4.98 Å². The summed E-state index contributed by atoms with van der Waals surface area (Å²) in [6, 6.07) is 9.86. The van der Waals surface area contributed by atoms with Gasteiger partial charge in [0, 0.05) is 0 Å². The monoisotopic (exact) mass is 319 g/mol. The van der Waals surface area contributed by atoms with E-state index < -0.39 is 0 Å². The average molecular weight is 319 g/mol. The molecule has 0 unspecified atom stereocenters. The van der Waals surface area contributed by atoms with Crippen LogP contribution in [0.15, 0.2) is 45.6 Å². The van der Waals surface area contributed by atoms with Crippen molar-refractivity contribution in [2.45, 2.75) is 32.2 Å². The summed E-state index contributed by atoms with van der Waals surface area (Å²) in [6.45, 7) is 0.491. The van der Waals surface area contributed by atoms with E-state index in [-0.39, 0.29) is 0 Å². The van der Waals surface area contributed by atoms with Crippen LogP contribution in [0.5, 0.6) is 0 Å². The molecule has 0 fully saturated rings. The van der Waals surface area contributed by atoms with Gasteiger partial charge in [-0.05, 0) is 61.1 Å². The van der Waals surface area contributed by atoms with E-state index in [9.17, 15) is 5.26 Å². The zero-order chi connectivity index (χ0) is 16.4. The minimum atomic E-state index is 0.491. The highest BCUT2D eigenvalue weighted by molar-refractivity contribution is 5.69. The molecule has 0 aromatic carbocycles. The minimum absolute atomic E-state index is 0.491. The van der Waals surface area contributed by atoms with Gasteiger partial charge in [0.2, 0.25) is 0 Å². The molecule has 4 rings (SSSR count). The van der Waals surface area contributed by atoms with Crippen LogP contribution in [-0.2, 0) is 19.4 Å². The maximum Gasteiger partial charge on any atom is 0.152 e. The summed E-state index contributed by atoms with van der Waals surface area (Å²) in [4.78, 5) is 4.73. The topological polar surface area (TPSA) is 75.0 Å².